The summed E-state index contributed by atoms with van der Waals surface area (Å²) >= 11 is 0. The van der Waals surface area contributed by atoms with Crippen molar-refractivity contribution in [2.24, 2.45) is 5.73 Å². The molecule has 3 aromatic carbocycles. The quantitative estimate of drug-likeness (QED) is 0.236. The summed E-state index contributed by atoms with van der Waals surface area (Å²) in [7, 11) is -1.64. The molecule has 0 radical (unpaired) electrons. The third kappa shape index (κ3) is 8.36. The van der Waals surface area contributed by atoms with Gasteiger partial charge in [0, 0.05) is 0 Å². The smallest absolute Gasteiger partial charge is 0.112 e. The molecule has 3 rings (SSSR count). The van der Waals surface area contributed by atoms with E-state index in [9.17, 15) is 0 Å². The van der Waals surface area contributed by atoms with Crippen molar-refractivity contribution in [1.82, 2.24) is 0 Å². The monoisotopic (exact) mass is 525 g/mol. The maximum atomic E-state index is 5.58. The molecule has 0 aliphatic heterocycles. The van der Waals surface area contributed by atoms with Gasteiger partial charge in [-0.05, 0) is 62.2 Å². The molecular formula is C30H41BrNP. The average molecular weight is 527 g/mol. The van der Waals surface area contributed by atoms with E-state index in [0.717, 1.165) is 6.54 Å². The lowest BCUT2D eigenvalue weighted by atomic mass is 10.1. The Balaban J connectivity index is 0.00000385. The van der Waals surface area contributed by atoms with Gasteiger partial charge in [-0.15, -0.1) is 0 Å². The first kappa shape index (κ1) is 27.8. The second-order valence-corrected chi connectivity index (χ2v) is 12.5. The van der Waals surface area contributed by atoms with Gasteiger partial charge in [0.1, 0.15) is 23.2 Å². The lowest BCUT2D eigenvalue weighted by Crippen LogP contribution is -3.00. The zero-order valence-corrected chi connectivity index (χ0v) is 22.5. The maximum Gasteiger partial charge on any atom is 0.112 e. The molecular weight excluding hydrogens is 485 g/mol. The minimum absolute atomic E-state index is 0. The fourth-order valence-corrected chi connectivity index (χ4v) is 9.20. The fourth-order valence-electron chi connectivity index (χ4n) is 4.79. The Morgan fingerprint density at radius 3 is 1.06 bits per heavy atom. The molecule has 1 nitrogen and oxygen atoms in total. The van der Waals surface area contributed by atoms with Crippen LogP contribution in [0.2, 0.25) is 0 Å². The van der Waals surface area contributed by atoms with Gasteiger partial charge < -0.3 is 22.7 Å². The minimum Gasteiger partial charge on any atom is -1.00 e. The van der Waals surface area contributed by atoms with E-state index in [4.69, 9.17) is 5.73 Å². The lowest BCUT2D eigenvalue weighted by molar-refractivity contribution is -0.00000655. The number of unbranched alkanes of at least 4 members (excludes halogenated alkanes) is 9. The van der Waals surface area contributed by atoms with Gasteiger partial charge in [0.2, 0.25) is 0 Å². The van der Waals surface area contributed by atoms with Gasteiger partial charge in [-0.2, -0.15) is 0 Å². The molecule has 0 heterocycles. The van der Waals surface area contributed by atoms with E-state index in [0.29, 0.717) is 0 Å². The van der Waals surface area contributed by atoms with Gasteiger partial charge >= 0.3 is 0 Å². The van der Waals surface area contributed by atoms with E-state index in [-0.39, 0.29) is 17.0 Å². The highest BCUT2D eigenvalue weighted by Crippen LogP contribution is 2.55. The average Bonchev–Trinajstić information content (AvgIpc) is 2.87. The molecule has 2 N–H and O–H groups in total. The molecule has 0 spiro atoms. The van der Waals surface area contributed by atoms with Crippen LogP contribution in [0, 0.1) is 0 Å². The summed E-state index contributed by atoms with van der Waals surface area (Å²) in [5, 5.41) is 4.53. The van der Waals surface area contributed by atoms with Gasteiger partial charge in [0.25, 0.3) is 0 Å². The molecule has 0 aliphatic carbocycles. The highest BCUT2D eigenvalue weighted by atomic mass is 79.9. The Hall–Kier alpha value is -1.47. The molecule has 0 bridgehead atoms. The Bertz CT molecular complexity index is 758. The summed E-state index contributed by atoms with van der Waals surface area (Å²) in [6.07, 6.45) is 14.6. The predicted molar refractivity (Wildman–Crippen MR) is 145 cm³/mol. The highest BCUT2D eigenvalue weighted by Gasteiger charge is 2.44. The molecule has 178 valence electrons. The van der Waals surface area contributed by atoms with Crippen LogP contribution >= 0.6 is 7.26 Å². The molecule has 0 atom stereocenters. The van der Waals surface area contributed by atoms with Crippen LogP contribution in [0.1, 0.15) is 64.2 Å². The molecule has 0 saturated carbocycles. The number of nitrogens with two attached hydrogens (primary N) is 1. The number of rotatable bonds is 15. The van der Waals surface area contributed by atoms with Crippen molar-refractivity contribution in [1.29, 1.82) is 0 Å². The second-order valence-electron chi connectivity index (χ2n) is 8.86. The number of hydrogen-bond donors (Lipinski definition) is 1. The first-order valence-corrected chi connectivity index (χ1v) is 14.6. The first-order chi connectivity index (χ1) is 15.9. The Labute approximate surface area is 213 Å². The summed E-state index contributed by atoms with van der Waals surface area (Å²) in [5.41, 5.74) is 5.58. The molecule has 33 heavy (non-hydrogen) atoms. The zero-order valence-electron chi connectivity index (χ0n) is 20.0. The van der Waals surface area contributed by atoms with Gasteiger partial charge in [-0.25, -0.2) is 0 Å². The Morgan fingerprint density at radius 2 is 0.727 bits per heavy atom. The summed E-state index contributed by atoms with van der Waals surface area (Å²) in [5.74, 6) is 0. The normalized spacial score (nSPS) is 11.2. The second kappa shape index (κ2) is 16.2. The van der Waals surface area contributed by atoms with Crippen molar-refractivity contribution in [3.63, 3.8) is 0 Å². The van der Waals surface area contributed by atoms with E-state index in [1.807, 2.05) is 0 Å². The van der Waals surface area contributed by atoms with Crippen LogP contribution in [0.15, 0.2) is 91.0 Å². The largest absolute Gasteiger partial charge is 1.00 e. The summed E-state index contributed by atoms with van der Waals surface area (Å²) < 4.78 is 0. The van der Waals surface area contributed by atoms with Gasteiger partial charge in [-0.1, -0.05) is 99.5 Å². The molecule has 0 unspecified atom stereocenters. The van der Waals surface area contributed by atoms with Crippen molar-refractivity contribution in [3.05, 3.63) is 91.0 Å². The summed E-state index contributed by atoms with van der Waals surface area (Å²) in [6, 6.07) is 33.9. The minimum atomic E-state index is -1.64. The molecule has 0 aliphatic rings. The molecule has 0 saturated heterocycles. The molecule has 0 amide bonds. The number of halogens is 1. The van der Waals surface area contributed by atoms with Crippen molar-refractivity contribution >= 4 is 23.2 Å². The topological polar surface area (TPSA) is 26.0 Å². The molecule has 0 aromatic heterocycles. The molecule has 3 heteroatoms. The third-order valence-electron chi connectivity index (χ3n) is 6.54. The maximum absolute atomic E-state index is 5.58. The van der Waals surface area contributed by atoms with Crippen LogP contribution < -0.4 is 38.6 Å². The van der Waals surface area contributed by atoms with Crippen molar-refractivity contribution in [3.8, 4) is 0 Å². The third-order valence-corrected chi connectivity index (χ3v) is 11.1. The van der Waals surface area contributed by atoms with Gasteiger partial charge in [-0.3, -0.25) is 0 Å². The summed E-state index contributed by atoms with van der Waals surface area (Å²) in [4.78, 5) is 0. The van der Waals surface area contributed by atoms with Crippen LogP contribution in [0.3, 0.4) is 0 Å². The van der Waals surface area contributed by atoms with Crippen LogP contribution in [0.4, 0.5) is 0 Å². The van der Waals surface area contributed by atoms with Crippen molar-refractivity contribution in [2.45, 2.75) is 64.2 Å². The van der Waals surface area contributed by atoms with Crippen molar-refractivity contribution < 1.29 is 17.0 Å². The molecule has 0 fully saturated rings. The first-order valence-electron chi connectivity index (χ1n) is 12.6. The fraction of sp³-hybridized carbons (Fsp3) is 0.400. The Morgan fingerprint density at radius 1 is 0.424 bits per heavy atom. The van der Waals surface area contributed by atoms with Gasteiger partial charge in [0.05, 0.1) is 6.16 Å². The number of benzene rings is 3. The van der Waals surface area contributed by atoms with Crippen LogP contribution in [0.5, 0.6) is 0 Å². The molecule has 3 aromatic rings. The van der Waals surface area contributed by atoms with Crippen LogP contribution in [-0.2, 0) is 0 Å². The zero-order chi connectivity index (χ0) is 22.3. The predicted octanol–water partition coefficient (Wildman–Crippen LogP) is 3.84. The SMILES string of the molecule is NCCCCCCCCCCCC[P+](c1ccccc1)(c1ccccc1)c1ccccc1.[Br-]. The van der Waals surface area contributed by atoms with E-state index in [2.05, 4.69) is 91.0 Å². The number of hydrogen-bond acceptors (Lipinski definition) is 1. The van der Waals surface area contributed by atoms with E-state index in [1.165, 1.54) is 86.3 Å². The van der Waals surface area contributed by atoms with Crippen LogP contribution in [-0.4, -0.2) is 12.7 Å². The van der Waals surface area contributed by atoms with E-state index in [1.54, 1.807) is 0 Å². The van der Waals surface area contributed by atoms with Gasteiger partial charge in [0.15, 0.2) is 0 Å². The highest BCUT2D eigenvalue weighted by molar-refractivity contribution is 7.95. The standard InChI is InChI=1S/C30H41NP.BrH/c31-26-18-7-5-3-1-2-4-6-8-19-27-32(28-20-12-9-13-21-28,29-22-14-10-15-23-29)30-24-16-11-17-25-30;/h9-17,20-25H,1-8,18-19,26-27,31H2;1H/q+1;/p-1. The van der Waals surface area contributed by atoms with Crippen molar-refractivity contribution in [2.75, 3.05) is 12.7 Å². The van der Waals surface area contributed by atoms with Crippen LogP contribution in [0.25, 0.3) is 0 Å². The van der Waals surface area contributed by atoms with E-state index < -0.39 is 7.26 Å². The van der Waals surface area contributed by atoms with E-state index >= 15 is 0 Å². The summed E-state index contributed by atoms with van der Waals surface area (Å²) in [6.45, 7) is 0.846. The Kier molecular flexibility index (Phi) is 13.6. The lowest BCUT2D eigenvalue weighted by Gasteiger charge is -2.27.